The van der Waals surface area contributed by atoms with Crippen LogP contribution in [-0.4, -0.2) is 29.7 Å². The van der Waals surface area contributed by atoms with E-state index in [1.54, 1.807) is 22.7 Å². The Hall–Kier alpha value is -3.87. The third kappa shape index (κ3) is 2.75. The van der Waals surface area contributed by atoms with E-state index < -0.39 is 0 Å². The second-order valence-electron chi connectivity index (χ2n) is 6.35. The maximum Gasteiger partial charge on any atom is 0.247 e. The molecule has 132 valence electrons. The topological polar surface area (TPSA) is 91.1 Å². The van der Waals surface area contributed by atoms with Crippen molar-refractivity contribution in [2.24, 2.45) is 0 Å². The van der Waals surface area contributed by atoms with Crippen molar-refractivity contribution < 1.29 is 5.11 Å². The molecule has 0 saturated heterocycles. The normalized spacial score (nSPS) is 11.3. The molecular weight excluding hydrogens is 340 g/mol. The van der Waals surface area contributed by atoms with E-state index >= 15 is 0 Å². The Bertz CT molecular complexity index is 1290. The summed E-state index contributed by atoms with van der Waals surface area (Å²) in [5, 5.41) is 17.6. The van der Waals surface area contributed by atoms with Crippen LogP contribution in [0.2, 0.25) is 0 Å². The van der Waals surface area contributed by atoms with Gasteiger partial charge in [-0.25, -0.2) is 9.50 Å². The highest BCUT2D eigenvalue weighted by Crippen LogP contribution is 2.25. The largest absolute Gasteiger partial charge is 0.508 e. The molecule has 7 heteroatoms. The zero-order valence-electron chi connectivity index (χ0n) is 14.5. The highest BCUT2D eigenvalue weighted by molar-refractivity contribution is 5.80. The number of benzene rings is 2. The molecule has 5 aromatic rings. The van der Waals surface area contributed by atoms with Gasteiger partial charge in [0.15, 0.2) is 5.65 Å². The number of pyridine rings is 1. The number of imidazole rings is 1. The van der Waals surface area contributed by atoms with Gasteiger partial charge in [0.2, 0.25) is 5.95 Å². The smallest absolute Gasteiger partial charge is 0.247 e. The first-order chi connectivity index (χ1) is 13.2. The second kappa shape index (κ2) is 5.84. The highest BCUT2D eigenvalue weighted by Gasteiger charge is 2.10. The first kappa shape index (κ1) is 15.4. The monoisotopic (exact) mass is 356 g/mol. The minimum absolute atomic E-state index is 0.214. The van der Waals surface area contributed by atoms with E-state index in [-0.39, 0.29) is 5.75 Å². The predicted molar refractivity (Wildman–Crippen MR) is 104 cm³/mol. The Morgan fingerprint density at radius 1 is 1.00 bits per heavy atom. The molecule has 0 fully saturated rings. The number of H-pyrrole nitrogens is 1. The molecule has 0 aliphatic carbocycles. The number of aromatic nitrogens is 5. The molecule has 5 rings (SSSR count). The molecule has 0 atom stereocenters. The SMILES string of the molecule is Cc1nc2ccc(Nc3nc4cccc(-c5cccc(O)c5)n4n3)cc2[nH]1. The molecule has 3 aromatic heterocycles. The minimum Gasteiger partial charge on any atom is -0.508 e. The van der Waals surface area contributed by atoms with Crippen molar-refractivity contribution >= 4 is 28.3 Å². The number of phenolic OH excluding ortho intramolecular Hbond substituents is 1. The quantitative estimate of drug-likeness (QED) is 0.454. The lowest BCUT2D eigenvalue weighted by molar-refractivity contribution is 0.475. The summed E-state index contributed by atoms with van der Waals surface area (Å²) in [6.07, 6.45) is 0. The van der Waals surface area contributed by atoms with Gasteiger partial charge in [0.05, 0.1) is 16.7 Å². The zero-order chi connectivity index (χ0) is 18.4. The van der Waals surface area contributed by atoms with Crippen molar-refractivity contribution in [2.75, 3.05) is 5.32 Å². The molecule has 27 heavy (non-hydrogen) atoms. The average Bonchev–Trinajstić information content (AvgIpc) is 3.22. The first-order valence-electron chi connectivity index (χ1n) is 8.54. The van der Waals surface area contributed by atoms with Crippen LogP contribution in [0.3, 0.4) is 0 Å². The fourth-order valence-electron chi connectivity index (χ4n) is 3.19. The molecule has 0 radical (unpaired) electrons. The number of nitrogens with one attached hydrogen (secondary N) is 2. The van der Waals surface area contributed by atoms with Gasteiger partial charge in [0.1, 0.15) is 11.6 Å². The van der Waals surface area contributed by atoms with E-state index in [9.17, 15) is 5.11 Å². The molecule has 0 amide bonds. The molecule has 0 bridgehead atoms. The van der Waals surface area contributed by atoms with E-state index in [0.717, 1.165) is 39.4 Å². The van der Waals surface area contributed by atoms with E-state index in [4.69, 9.17) is 0 Å². The number of aromatic amines is 1. The van der Waals surface area contributed by atoms with Crippen molar-refractivity contribution in [3.05, 3.63) is 66.5 Å². The van der Waals surface area contributed by atoms with E-state index in [1.165, 1.54) is 0 Å². The van der Waals surface area contributed by atoms with E-state index in [2.05, 4.69) is 25.4 Å². The Labute approximate surface area is 154 Å². The van der Waals surface area contributed by atoms with Gasteiger partial charge in [-0.15, -0.1) is 5.10 Å². The Balaban J connectivity index is 1.55. The third-order valence-electron chi connectivity index (χ3n) is 4.36. The summed E-state index contributed by atoms with van der Waals surface area (Å²) in [7, 11) is 0. The van der Waals surface area contributed by atoms with Crippen LogP contribution in [0.4, 0.5) is 11.6 Å². The summed E-state index contributed by atoms with van der Waals surface area (Å²) in [6.45, 7) is 1.93. The fourth-order valence-corrected chi connectivity index (χ4v) is 3.19. The molecular formula is C20H16N6O. The highest BCUT2D eigenvalue weighted by atomic mass is 16.3. The number of aryl methyl sites for hydroxylation is 1. The van der Waals surface area contributed by atoms with Gasteiger partial charge in [-0.2, -0.15) is 4.98 Å². The number of hydrogen-bond acceptors (Lipinski definition) is 5. The van der Waals surface area contributed by atoms with Gasteiger partial charge in [-0.3, -0.25) is 0 Å². The molecule has 2 aromatic carbocycles. The fraction of sp³-hybridized carbons (Fsp3) is 0.0500. The van der Waals surface area contributed by atoms with Crippen LogP contribution in [0.5, 0.6) is 5.75 Å². The molecule has 0 saturated carbocycles. The predicted octanol–water partition coefficient (Wildman–Crippen LogP) is 4.03. The maximum atomic E-state index is 9.77. The van der Waals surface area contributed by atoms with Gasteiger partial charge in [0.25, 0.3) is 0 Å². The molecule has 0 unspecified atom stereocenters. The van der Waals surface area contributed by atoms with Crippen molar-refractivity contribution in [2.45, 2.75) is 6.92 Å². The number of nitrogens with zero attached hydrogens (tertiary/aromatic N) is 4. The Morgan fingerprint density at radius 2 is 1.89 bits per heavy atom. The number of hydrogen-bond donors (Lipinski definition) is 3. The molecule has 0 aliphatic heterocycles. The van der Waals surface area contributed by atoms with Gasteiger partial charge < -0.3 is 15.4 Å². The van der Waals surface area contributed by atoms with Crippen LogP contribution in [0.1, 0.15) is 5.82 Å². The van der Waals surface area contributed by atoms with Crippen molar-refractivity contribution in [3.63, 3.8) is 0 Å². The van der Waals surface area contributed by atoms with E-state index in [1.807, 2.05) is 49.4 Å². The summed E-state index contributed by atoms with van der Waals surface area (Å²) in [6, 6.07) is 18.7. The second-order valence-corrected chi connectivity index (χ2v) is 6.35. The van der Waals surface area contributed by atoms with Crippen molar-refractivity contribution in [3.8, 4) is 17.0 Å². The molecule has 7 nitrogen and oxygen atoms in total. The average molecular weight is 356 g/mol. The van der Waals surface area contributed by atoms with Crippen LogP contribution in [0.25, 0.3) is 27.9 Å². The number of rotatable bonds is 3. The summed E-state index contributed by atoms with van der Waals surface area (Å²) in [5.41, 5.74) is 5.20. The Morgan fingerprint density at radius 3 is 2.78 bits per heavy atom. The lowest BCUT2D eigenvalue weighted by Crippen LogP contribution is -1.95. The van der Waals surface area contributed by atoms with Crippen LogP contribution in [0, 0.1) is 6.92 Å². The first-order valence-corrected chi connectivity index (χ1v) is 8.54. The summed E-state index contributed by atoms with van der Waals surface area (Å²) < 4.78 is 1.76. The van der Waals surface area contributed by atoms with E-state index in [0.29, 0.717) is 5.95 Å². The van der Waals surface area contributed by atoms with Crippen molar-refractivity contribution in [1.29, 1.82) is 0 Å². The van der Waals surface area contributed by atoms with Gasteiger partial charge in [-0.1, -0.05) is 18.2 Å². The van der Waals surface area contributed by atoms with Gasteiger partial charge >= 0.3 is 0 Å². The summed E-state index contributed by atoms with van der Waals surface area (Å²) in [4.78, 5) is 12.2. The number of fused-ring (bicyclic) bond motifs is 2. The number of anilines is 2. The number of aromatic hydroxyl groups is 1. The molecule has 0 aliphatic rings. The number of phenols is 1. The van der Waals surface area contributed by atoms with Crippen molar-refractivity contribution in [1.82, 2.24) is 24.6 Å². The third-order valence-corrected chi connectivity index (χ3v) is 4.36. The zero-order valence-corrected chi connectivity index (χ0v) is 14.5. The Kier molecular flexibility index (Phi) is 3.33. The van der Waals surface area contributed by atoms with Crippen LogP contribution >= 0.6 is 0 Å². The van der Waals surface area contributed by atoms with Gasteiger partial charge in [-0.05, 0) is 49.4 Å². The summed E-state index contributed by atoms with van der Waals surface area (Å²) in [5.74, 6) is 1.59. The maximum absolute atomic E-state index is 9.77. The lowest BCUT2D eigenvalue weighted by atomic mass is 10.1. The van der Waals surface area contributed by atoms with Crippen LogP contribution < -0.4 is 5.32 Å². The summed E-state index contributed by atoms with van der Waals surface area (Å²) >= 11 is 0. The molecule has 3 N–H and O–H groups in total. The minimum atomic E-state index is 0.214. The molecule has 3 heterocycles. The lowest BCUT2D eigenvalue weighted by Gasteiger charge is -2.04. The van der Waals surface area contributed by atoms with Crippen LogP contribution in [-0.2, 0) is 0 Å². The standard InChI is InChI=1S/C20H16N6O/c1-12-21-16-9-8-14(11-17(16)22-12)23-20-24-19-7-3-6-18(26(19)25-20)13-4-2-5-15(27)10-13/h2-11,27H,1H3,(H,21,22)(H,23,25). The molecule has 0 spiro atoms. The van der Waals surface area contributed by atoms with Crippen LogP contribution in [0.15, 0.2) is 60.7 Å². The van der Waals surface area contributed by atoms with Gasteiger partial charge in [0, 0.05) is 11.3 Å².